The maximum Gasteiger partial charge on any atom is 0.110 e. The predicted octanol–water partition coefficient (Wildman–Crippen LogP) is 3.72. The van der Waals surface area contributed by atoms with Crippen molar-refractivity contribution in [3.05, 3.63) is 15.6 Å². The topological polar surface area (TPSA) is 24.9 Å². The molecule has 0 saturated heterocycles. The smallest absolute Gasteiger partial charge is 0.110 e. The van der Waals surface area contributed by atoms with Crippen LogP contribution in [-0.4, -0.2) is 12.0 Å². The summed E-state index contributed by atoms with van der Waals surface area (Å²) in [7, 11) is 2.11. The average Bonchev–Trinajstić information content (AvgIpc) is 2.91. The minimum atomic E-state index is 0.503. The van der Waals surface area contributed by atoms with Crippen LogP contribution in [0.3, 0.4) is 0 Å². The summed E-state index contributed by atoms with van der Waals surface area (Å²) < 4.78 is 0. The summed E-state index contributed by atoms with van der Waals surface area (Å²) >= 11 is 1.98. The molecule has 3 unspecified atom stereocenters. The van der Waals surface area contributed by atoms with E-state index < -0.39 is 0 Å². The summed E-state index contributed by atoms with van der Waals surface area (Å²) in [6.45, 7) is 2.40. The highest BCUT2D eigenvalue weighted by molar-refractivity contribution is 7.11. The van der Waals surface area contributed by atoms with E-state index in [1.54, 1.807) is 4.88 Å². The largest absolute Gasteiger partial charge is 0.311 e. The van der Waals surface area contributed by atoms with E-state index in [1.165, 1.54) is 55.6 Å². The van der Waals surface area contributed by atoms with Gasteiger partial charge in [-0.1, -0.05) is 19.8 Å². The molecule has 0 amide bonds. The summed E-state index contributed by atoms with van der Waals surface area (Å²) in [4.78, 5) is 6.48. The number of hydrogen-bond donors (Lipinski definition) is 1. The Balaban J connectivity index is 1.78. The second kappa shape index (κ2) is 5.30. The Labute approximate surface area is 114 Å². The predicted molar refractivity (Wildman–Crippen MR) is 77.1 cm³/mol. The highest BCUT2D eigenvalue weighted by Crippen LogP contribution is 2.39. The fourth-order valence-electron chi connectivity index (χ4n) is 3.69. The maximum absolute atomic E-state index is 4.92. The Morgan fingerprint density at radius 1 is 1.28 bits per heavy atom. The second-order valence-electron chi connectivity index (χ2n) is 6.07. The molecule has 0 aromatic carbocycles. The van der Waals surface area contributed by atoms with Crippen molar-refractivity contribution in [1.82, 2.24) is 10.3 Å². The van der Waals surface area contributed by atoms with Crippen LogP contribution < -0.4 is 5.32 Å². The highest BCUT2D eigenvalue weighted by atomic mass is 32.1. The van der Waals surface area contributed by atoms with Gasteiger partial charge in [0.15, 0.2) is 0 Å². The Kier molecular flexibility index (Phi) is 3.71. The van der Waals surface area contributed by atoms with Crippen LogP contribution >= 0.6 is 11.3 Å². The van der Waals surface area contributed by atoms with Crippen molar-refractivity contribution < 1.29 is 0 Å². The van der Waals surface area contributed by atoms with Crippen LogP contribution in [0.1, 0.15) is 60.6 Å². The zero-order chi connectivity index (χ0) is 12.5. The summed E-state index contributed by atoms with van der Waals surface area (Å²) in [5.74, 6) is 1.69. The molecule has 1 N–H and O–H groups in total. The average molecular weight is 264 g/mol. The van der Waals surface area contributed by atoms with Crippen LogP contribution in [0, 0.1) is 11.8 Å². The Morgan fingerprint density at radius 3 is 2.89 bits per heavy atom. The molecular weight excluding hydrogens is 240 g/mol. The van der Waals surface area contributed by atoms with Gasteiger partial charge in [0.2, 0.25) is 0 Å². The molecule has 1 fully saturated rings. The summed E-state index contributed by atoms with van der Waals surface area (Å²) in [6.07, 6.45) is 9.36. The number of fused-ring (bicyclic) bond motifs is 1. The third-order valence-electron chi connectivity index (χ3n) is 4.64. The zero-order valence-corrected chi connectivity index (χ0v) is 12.4. The van der Waals surface area contributed by atoms with E-state index in [-0.39, 0.29) is 0 Å². The first-order chi connectivity index (χ1) is 8.78. The first kappa shape index (κ1) is 12.6. The third kappa shape index (κ3) is 2.35. The number of aromatic nitrogens is 1. The first-order valence-electron chi connectivity index (χ1n) is 7.43. The number of hydrogen-bond acceptors (Lipinski definition) is 3. The number of nitrogens with zero attached hydrogens (tertiary/aromatic N) is 1. The van der Waals surface area contributed by atoms with Gasteiger partial charge in [0.25, 0.3) is 0 Å². The molecule has 0 bridgehead atoms. The molecule has 0 radical (unpaired) electrons. The quantitative estimate of drug-likeness (QED) is 0.900. The van der Waals surface area contributed by atoms with Crippen molar-refractivity contribution in [3.63, 3.8) is 0 Å². The van der Waals surface area contributed by atoms with E-state index >= 15 is 0 Å². The van der Waals surface area contributed by atoms with Gasteiger partial charge in [-0.15, -0.1) is 11.3 Å². The van der Waals surface area contributed by atoms with Crippen LogP contribution in [0.4, 0.5) is 0 Å². The standard InChI is InChI=1S/C15H24N2S/c1-10-5-3-6-11(9-10)14(16-2)15-17-12-7-4-8-13(12)18-15/h10-11,14,16H,3-9H2,1-2H3. The van der Waals surface area contributed by atoms with Gasteiger partial charge < -0.3 is 5.32 Å². The van der Waals surface area contributed by atoms with E-state index in [9.17, 15) is 0 Å². The molecule has 2 aliphatic carbocycles. The van der Waals surface area contributed by atoms with Gasteiger partial charge in [0, 0.05) is 4.88 Å². The highest BCUT2D eigenvalue weighted by Gasteiger charge is 2.30. The minimum absolute atomic E-state index is 0.503. The molecule has 3 atom stereocenters. The zero-order valence-electron chi connectivity index (χ0n) is 11.5. The molecule has 3 heteroatoms. The van der Waals surface area contributed by atoms with Crippen molar-refractivity contribution in [2.45, 2.75) is 57.9 Å². The molecule has 1 aromatic rings. The Bertz CT molecular complexity index is 391. The van der Waals surface area contributed by atoms with Crippen molar-refractivity contribution >= 4 is 11.3 Å². The number of rotatable bonds is 3. The van der Waals surface area contributed by atoms with Crippen LogP contribution in [0.25, 0.3) is 0 Å². The summed E-state index contributed by atoms with van der Waals surface area (Å²) in [5, 5.41) is 4.91. The van der Waals surface area contributed by atoms with Crippen LogP contribution in [-0.2, 0) is 12.8 Å². The van der Waals surface area contributed by atoms with Gasteiger partial charge in [0.1, 0.15) is 5.01 Å². The van der Waals surface area contributed by atoms with E-state index in [1.807, 2.05) is 11.3 Å². The molecule has 100 valence electrons. The van der Waals surface area contributed by atoms with E-state index in [4.69, 9.17) is 4.98 Å². The normalized spacial score (nSPS) is 29.2. The molecule has 1 saturated carbocycles. The molecule has 0 aliphatic heterocycles. The molecule has 2 nitrogen and oxygen atoms in total. The van der Waals surface area contributed by atoms with Crippen molar-refractivity contribution in [3.8, 4) is 0 Å². The van der Waals surface area contributed by atoms with Crippen LogP contribution in [0.2, 0.25) is 0 Å². The fourth-order valence-corrected chi connectivity index (χ4v) is 5.05. The Hall–Kier alpha value is -0.410. The molecule has 2 aliphatic rings. The monoisotopic (exact) mass is 264 g/mol. The van der Waals surface area contributed by atoms with Crippen LogP contribution in [0.5, 0.6) is 0 Å². The number of aryl methyl sites for hydroxylation is 2. The van der Waals surface area contributed by atoms with Gasteiger partial charge in [-0.3, -0.25) is 0 Å². The van der Waals surface area contributed by atoms with Crippen molar-refractivity contribution in [1.29, 1.82) is 0 Å². The van der Waals surface area contributed by atoms with Gasteiger partial charge in [-0.25, -0.2) is 4.98 Å². The van der Waals surface area contributed by atoms with Gasteiger partial charge >= 0.3 is 0 Å². The summed E-state index contributed by atoms with van der Waals surface area (Å²) in [5.41, 5.74) is 1.40. The van der Waals surface area contributed by atoms with Crippen molar-refractivity contribution in [2.75, 3.05) is 7.05 Å². The number of thiazole rings is 1. The lowest BCUT2D eigenvalue weighted by Crippen LogP contribution is -2.29. The lowest BCUT2D eigenvalue weighted by molar-refractivity contribution is 0.229. The molecule has 0 spiro atoms. The maximum atomic E-state index is 4.92. The molecular formula is C15H24N2S. The van der Waals surface area contributed by atoms with Crippen molar-refractivity contribution in [2.24, 2.45) is 11.8 Å². The Morgan fingerprint density at radius 2 is 2.17 bits per heavy atom. The van der Waals surface area contributed by atoms with Crippen LogP contribution in [0.15, 0.2) is 0 Å². The van der Waals surface area contributed by atoms with Gasteiger partial charge in [-0.05, 0) is 51.0 Å². The van der Waals surface area contributed by atoms with E-state index in [0.717, 1.165) is 11.8 Å². The van der Waals surface area contributed by atoms with Gasteiger partial charge in [0.05, 0.1) is 11.7 Å². The second-order valence-corrected chi connectivity index (χ2v) is 7.19. The molecule has 3 rings (SSSR count). The lowest BCUT2D eigenvalue weighted by atomic mass is 9.79. The third-order valence-corrected chi connectivity index (χ3v) is 5.88. The van der Waals surface area contributed by atoms with E-state index in [2.05, 4.69) is 19.3 Å². The molecule has 1 heterocycles. The van der Waals surface area contributed by atoms with E-state index in [0.29, 0.717) is 6.04 Å². The summed E-state index contributed by atoms with van der Waals surface area (Å²) in [6, 6.07) is 0.503. The molecule has 1 aromatic heterocycles. The first-order valence-corrected chi connectivity index (χ1v) is 8.25. The minimum Gasteiger partial charge on any atom is -0.311 e. The number of nitrogens with one attached hydrogen (secondary N) is 1. The fraction of sp³-hybridized carbons (Fsp3) is 0.800. The van der Waals surface area contributed by atoms with Gasteiger partial charge in [-0.2, -0.15) is 0 Å². The SMILES string of the molecule is CNC(c1nc2c(s1)CCC2)C1CCCC(C)C1. The lowest BCUT2D eigenvalue weighted by Gasteiger charge is -2.32. The molecule has 18 heavy (non-hydrogen) atoms.